The largest absolute Gasteiger partial charge is 0.497 e. The molecule has 0 aromatic rings. The molecule has 0 amide bonds. The van der Waals surface area contributed by atoms with Crippen LogP contribution in [-0.2, 0) is 28.6 Å². The van der Waals surface area contributed by atoms with Crippen LogP contribution >= 0.6 is 0 Å². The summed E-state index contributed by atoms with van der Waals surface area (Å²) in [5, 5.41) is 0. The first kappa shape index (κ1) is 17.7. The molecule has 0 aromatic carbocycles. The highest BCUT2D eigenvalue weighted by Gasteiger charge is 2.28. The molecule has 0 aliphatic heterocycles. The van der Waals surface area contributed by atoms with Gasteiger partial charge in [-0.15, -0.1) is 0 Å². The number of hydrogen-bond acceptors (Lipinski definition) is 6. The quantitative estimate of drug-likeness (QED) is 0.573. The molecule has 0 spiro atoms. The van der Waals surface area contributed by atoms with Gasteiger partial charge in [0.1, 0.15) is 11.7 Å². The van der Waals surface area contributed by atoms with Crippen LogP contribution in [0.5, 0.6) is 0 Å². The number of allylic oxidation sites excluding steroid dienone is 2. The molecule has 1 aliphatic rings. The Bertz CT molecular complexity index is 573. The Morgan fingerprint density at radius 1 is 1.09 bits per heavy atom. The zero-order valence-electron chi connectivity index (χ0n) is 13.4. The third-order valence-electron chi connectivity index (χ3n) is 2.87. The van der Waals surface area contributed by atoms with E-state index in [0.717, 1.165) is 0 Å². The minimum atomic E-state index is -0.507. The summed E-state index contributed by atoms with van der Waals surface area (Å²) in [6, 6.07) is 0. The molecule has 22 heavy (non-hydrogen) atoms. The molecular formula is C16H20O6. The summed E-state index contributed by atoms with van der Waals surface area (Å²) in [5.74, 6) is 0.243. The number of carbonyl (C=O) groups is 2. The highest BCUT2D eigenvalue weighted by molar-refractivity contribution is 5.76. The van der Waals surface area contributed by atoms with E-state index in [1.165, 1.54) is 13.2 Å². The van der Waals surface area contributed by atoms with Crippen molar-refractivity contribution in [2.24, 2.45) is 11.8 Å². The van der Waals surface area contributed by atoms with Crippen LogP contribution < -0.4 is 0 Å². The van der Waals surface area contributed by atoms with Crippen LogP contribution in [-0.4, -0.2) is 25.0 Å². The highest BCUT2D eigenvalue weighted by atomic mass is 16.6. The second-order valence-corrected chi connectivity index (χ2v) is 5.42. The first-order chi connectivity index (χ1) is 10.3. The van der Waals surface area contributed by atoms with Gasteiger partial charge in [-0.05, 0) is 6.08 Å². The molecule has 0 aromatic heterocycles. The summed E-state index contributed by atoms with van der Waals surface area (Å²) in [7, 11) is 1.38. The second-order valence-electron chi connectivity index (χ2n) is 5.42. The van der Waals surface area contributed by atoms with Gasteiger partial charge in [-0.25, -0.2) is 4.79 Å². The predicted molar refractivity (Wildman–Crippen MR) is 77.8 cm³/mol. The zero-order valence-corrected chi connectivity index (χ0v) is 13.4. The van der Waals surface area contributed by atoms with Crippen LogP contribution in [0.2, 0.25) is 0 Å². The van der Waals surface area contributed by atoms with Gasteiger partial charge in [0.15, 0.2) is 5.76 Å². The van der Waals surface area contributed by atoms with Crippen LogP contribution in [0.1, 0.15) is 34.1 Å². The second kappa shape index (κ2) is 7.61. The maximum absolute atomic E-state index is 11.8. The first-order valence-electron chi connectivity index (χ1n) is 6.96. The Morgan fingerprint density at radius 3 is 2.09 bits per heavy atom. The standard InChI is InChI=1S/C16H20O6/c1-9(2)15(18)21-13-7-11(8-17)6-12(20-5)14(13)22-16(19)10(3)4/h7,9-10H,6H2,1-5H3. The third kappa shape index (κ3) is 4.33. The Labute approximate surface area is 129 Å². The molecule has 0 atom stereocenters. The maximum atomic E-state index is 11.8. The summed E-state index contributed by atoms with van der Waals surface area (Å²) in [6.07, 6.45) is 1.45. The lowest BCUT2D eigenvalue weighted by Crippen LogP contribution is -2.20. The van der Waals surface area contributed by atoms with Gasteiger partial charge in [-0.3, -0.25) is 9.59 Å². The van der Waals surface area contributed by atoms with Crippen LogP contribution in [0, 0.1) is 11.8 Å². The average molecular weight is 308 g/mol. The molecule has 6 heteroatoms. The van der Waals surface area contributed by atoms with Crippen LogP contribution in [0.4, 0.5) is 0 Å². The summed E-state index contributed by atoms with van der Waals surface area (Å²) in [5.41, 5.74) is 0.243. The third-order valence-corrected chi connectivity index (χ3v) is 2.87. The smallest absolute Gasteiger partial charge is 0.314 e. The first-order valence-corrected chi connectivity index (χ1v) is 6.96. The topological polar surface area (TPSA) is 78.9 Å². The van der Waals surface area contributed by atoms with Crippen molar-refractivity contribution in [3.8, 4) is 0 Å². The van der Waals surface area contributed by atoms with E-state index in [4.69, 9.17) is 14.2 Å². The lowest BCUT2D eigenvalue weighted by atomic mass is 10.0. The summed E-state index contributed by atoms with van der Waals surface area (Å²) < 4.78 is 15.6. The fourth-order valence-electron chi connectivity index (χ4n) is 1.52. The van der Waals surface area contributed by atoms with Gasteiger partial charge >= 0.3 is 11.9 Å². The van der Waals surface area contributed by atoms with Gasteiger partial charge in [0, 0.05) is 12.0 Å². The van der Waals surface area contributed by atoms with Gasteiger partial charge in [-0.2, -0.15) is 0 Å². The fourth-order valence-corrected chi connectivity index (χ4v) is 1.52. The van der Waals surface area contributed by atoms with Gasteiger partial charge in [0.2, 0.25) is 5.76 Å². The monoisotopic (exact) mass is 308 g/mol. The summed E-state index contributed by atoms with van der Waals surface area (Å²) in [4.78, 5) is 34.5. The zero-order chi connectivity index (χ0) is 16.9. The van der Waals surface area contributed by atoms with E-state index >= 15 is 0 Å². The molecule has 120 valence electrons. The summed E-state index contributed by atoms with van der Waals surface area (Å²) >= 11 is 0. The van der Waals surface area contributed by atoms with Crippen molar-refractivity contribution in [2.45, 2.75) is 34.1 Å². The fraction of sp³-hybridized carbons (Fsp3) is 0.500. The van der Waals surface area contributed by atoms with E-state index < -0.39 is 11.9 Å². The summed E-state index contributed by atoms with van der Waals surface area (Å²) in [6.45, 7) is 6.70. The molecule has 0 fully saturated rings. The Kier molecular flexibility index (Phi) is 6.13. The van der Waals surface area contributed by atoms with Crippen LogP contribution in [0.3, 0.4) is 0 Å². The van der Waals surface area contributed by atoms with Gasteiger partial charge < -0.3 is 14.2 Å². The van der Waals surface area contributed by atoms with E-state index in [9.17, 15) is 14.4 Å². The number of carbonyl (C=O) groups excluding carboxylic acids is 3. The Hall–Kier alpha value is -2.33. The number of hydrogen-bond donors (Lipinski definition) is 0. The number of esters is 2. The van der Waals surface area contributed by atoms with Crippen molar-refractivity contribution in [2.75, 3.05) is 7.11 Å². The lowest BCUT2D eigenvalue weighted by molar-refractivity contribution is -0.148. The highest BCUT2D eigenvalue weighted by Crippen LogP contribution is 2.30. The molecule has 0 bridgehead atoms. The molecule has 1 rings (SSSR count). The van der Waals surface area contributed by atoms with Crippen molar-refractivity contribution >= 4 is 17.9 Å². The number of ether oxygens (including phenoxy) is 3. The molecule has 0 heterocycles. The van der Waals surface area contributed by atoms with Crippen molar-refractivity contribution in [1.29, 1.82) is 0 Å². The number of methoxy groups -OCH3 is 1. The molecule has 0 saturated heterocycles. The van der Waals surface area contributed by atoms with Crippen molar-refractivity contribution < 1.29 is 28.6 Å². The van der Waals surface area contributed by atoms with E-state index in [1.807, 2.05) is 0 Å². The van der Waals surface area contributed by atoms with Crippen LogP contribution in [0.25, 0.3) is 0 Å². The molecule has 1 aliphatic carbocycles. The van der Waals surface area contributed by atoms with Crippen molar-refractivity contribution in [3.05, 3.63) is 28.9 Å². The van der Waals surface area contributed by atoms with Crippen LogP contribution in [0.15, 0.2) is 28.9 Å². The molecule has 0 unspecified atom stereocenters. The van der Waals surface area contributed by atoms with Gasteiger partial charge in [0.05, 0.1) is 18.9 Å². The van der Waals surface area contributed by atoms with Gasteiger partial charge in [0.25, 0.3) is 0 Å². The van der Waals surface area contributed by atoms with E-state index in [2.05, 4.69) is 0 Å². The predicted octanol–water partition coefficient (Wildman–Crippen LogP) is 2.29. The maximum Gasteiger partial charge on any atom is 0.314 e. The minimum absolute atomic E-state index is 0.0193. The molecule has 0 saturated carbocycles. The SMILES string of the molecule is COC1=C(OC(=O)C(C)C)C(OC(=O)C(C)C)=CC(=C=O)C1. The Morgan fingerprint density at radius 2 is 1.64 bits per heavy atom. The minimum Gasteiger partial charge on any atom is -0.497 e. The molecular weight excluding hydrogens is 288 g/mol. The normalized spacial score (nSPS) is 14.7. The van der Waals surface area contributed by atoms with Crippen molar-refractivity contribution in [3.63, 3.8) is 0 Å². The number of rotatable bonds is 5. The average Bonchev–Trinajstić information content (AvgIpc) is 2.47. The molecule has 6 nitrogen and oxygen atoms in total. The van der Waals surface area contributed by atoms with E-state index in [1.54, 1.807) is 33.6 Å². The van der Waals surface area contributed by atoms with E-state index in [-0.39, 0.29) is 41.1 Å². The van der Waals surface area contributed by atoms with Gasteiger partial charge in [-0.1, -0.05) is 27.7 Å². The Balaban J connectivity index is 3.20. The molecule has 0 N–H and O–H groups in total. The van der Waals surface area contributed by atoms with E-state index in [0.29, 0.717) is 0 Å². The lowest BCUT2D eigenvalue weighted by Gasteiger charge is -2.21. The molecule has 0 radical (unpaired) electrons. The van der Waals surface area contributed by atoms with Crippen molar-refractivity contribution in [1.82, 2.24) is 0 Å².